The monoisotopic (exact) mass is 449 g/mol. The predicted molar refractivity (Wildman–Crippen MR) is 124 cm³/mol. The van der Waals surface area contributed by atoms with Gasteiger partial charge in [0.2, 0.25) is 5.78 Å². The number of aliphatic hydroxyl groups is 1. The third-order valence-electron chi connectivity index (χ3n) is 5.72. The summed E-state index contributed by atoms with van der Waals surface area (Å²) in [7, 11) is 0. The first-order valence-electron chi connectivity index (χ1n) is 10.3. The van der Waals surface area contributed by atoms with E-state index in [0.717, 1.165) is 11.1 Å². The largest absolute Gasteiger partial charge is 0.503 e. The summed E-state index contributed by atoms with van der Waals surface area (Å²) >= 11 is 6.23. The molecular weight excluding hydrogens is 426 g/mol. The van der Waals surface area contributed by atoms with Crippen molar-refractivity contribution in [2.45, 2.75) is 39.2 Å². The van der Waals surface area contributed by atoms with Gasteiger partial charge >= 0.3 is 0 Å². The molecule has 0 spiro atoms. The molecule has 3 aromatic rings. The van der Waals surface area contributed by atoms with E-state index < -0.39 is 23.5 Å². The Labute approximate surface area is 191 Å². The molecule has 1 N–H and O–H groups in total. The molecule has 4 rings (SSSR count). The average molecular weight is 450 g/mol. The van der Waals surface area contributed by atoms with Gasteiger partial charge in [-0.05, 0) is 53.3 Å². The van der Waals surface area contributed by atoms with E-state index in [1.54, 1.807) is 24.3 Å². The summed E-state index contributed by atoms with van der Waals surface area (Å²) in [6.45, 7) is 8.18. The predicted octanol–water partition coefficient (Wildman–Crippen LogP) is 6.32. The van der Waals surface area contributed by atoms with Gasteiger partial charge in [0.05, 0.1) is 17.9 Å². The number of aryl methyl sites for hydroxylation is 1. The summed E-state index contributed by atoms with van der Waals surface area (Å²) in [5, 5.41) is 11.3. The number of carbonyl (C=O) groups is 2. The van der Waals surface area contributed by atoms with Gasteiger partial charge < -0.3 is 9.52 Å². The summed E-state index contributed by atoms with van der Waals surface area (Å²) in [4.78, 5) is 28.0. The molecular formula is C26H24ClNO4. The standard InChI is InChI=1S/C26H24ClNO4/c1-15-7-12-18(27)14-19(15)28-22(16-8-10-17(11-9-16)26(2,3)4)21(24(30)25(28)31)23(29)20-6-5-13-32-20/h5-14,22,30H,1-4H3. The molecule has 1 amide bonds. The lowest BCUT2D eigenvalue weighted by atomic mass is 9.85. The number of Topliss-reactive ketones (excluding diaryl/α,β-unsaturated/α-hetero) is 1. The van der Waals surface area contributed by atoms with E-state index in [0.29, 0.717) is 16.3 Å². The number of halogens is 1. The smallest absolute Gasteiger partial charge is 0.294 e. The highest BCUT2D eigenvalue weighted by Crippen LogP contribution is 2.43. The van der Waals surface area contributed by atoms with Crippen LogP contribution in [-0.4, -0.2) is 16.8 Å². The number of ketones is 1. The average Bonchev–Trinajstić information content (AvgIpc) is 3.37. The third-order valence-corrected chi connectivity index (χ3v) is 5.96. The van der Waals surface area contributed by atoms with Crippen molar-refractivity contribution in [2.24, 2.45) is 0 Å². The summed E-state index contributed by atoms with van der Waals surface area (Å²) < 4.78 is 5.28. The fourth-order valence-electron chi connectivity index (χ4n) is 3.95. The third kappa shape index (κ3) is 3.73. The Hall–Kier alpha value is -3.31. The maximum atomic E-state index is 13.3. The molecule has 164 valence electrons. The first-order valence-corrected chi connectivity index (χ1v) is 10.7. The van der Waals surface area contributed by atoms with E-state index >= 15 is 0 Å². The van der Waals surface area contributed by atoms with Crippen LogP contribution in [0, 0.1) is 6.92 Å². The molecule has 6 heteroatoms. The topological polar surface area (TPSA) is 70.8 Å². The number of carbonyl (C=O) groups excluding carboxylic acids is 2. The molecule has 0 saturated carbocycles. The number of hydrogen-bond donors (Lipinski definition) is 1. The molecule has 0 aliphatic carbocycles. The van der Waals surface area contributed by atoms with Crippen molar-refractivity contribution in [2.75, 3.05) is 4.90 Å². The number of amides is 1. The maximum Gasteiger partial charge on any atom is 0.294 e. The number of anilines is 1. The quantitative estimate of drug-likeness (QED) is 0.473. The van der Waals surface area contributed by atoms with Gasteiger partial charge in [-0.25, -0.2) is 0 Å². The lowest BCUT2D eigenvalue weighted by molar-refractivity contribution is -0.117. The Balaban J connectivity index is 1.90. The van der Waals surface area contributed by atoms with Crippen molar-refractivity contribution >= 4 is 29.0 Å². The SMILES string of the molecule is Cc1ccc(Cl)cc1N1C(=O)C(O)=C(C(=O)c2ccco2)C1c1ccc(C(C)(C)C)cc1. The minimum absolute atomic E-state index is 0.0205. The molecule has 1 unspecified atom stereocenters. The van der Waals surface area contributed by atoms with Gasteiger partial charge in [-0.15, -0.1) is 0 Å². The van der Waals surface area contributed by atoms with Crippen LogP contribution >= 0.6 is 11.6 Å². The molecule has 1 aliphatic heterocycles. The van der Waals surface area contributed by atoms with Crippen LogP contribution in [0.5, 0.6) is 0 Å². The van der Waals surface area contributed by atoms with E-state index in [-0.39, 0.29) is 16.7 Å². The van der Waals surface area contributed by atoms with Crippen LogP contribution in [0.25, 0.3) is 0 Å². The highest BCUT2D eigenvalue weighted by molar-refractivity contribution is 6.31. The number of aliphatic hydroxyl groups excluding tert-OH is 1. The Bertz CT molecular complexity index is 1220. The molecule has 32 heavy (non-hydrogen) atoms. The summed E-state index contributed by atoms with van der Waals surface area (Å²) in [6, 6.07) is 15.2. The lowest BCUT2D eigenvalue weighted by Gasteiger charge is -2.29. The highest BCUT2D eigenvalue weighted by atomic mass is 35.5. The van der Waals surface area contributed by atoms with Gasteiger partial charge in [-0.3, -0.25) is 14.5 Å². The Morgan fingerprint density at radius 3 is 2.38 bits per heavy atom. The van der Waals surface area contributed by atoms with Crippen molar-refractivity contribution in [1.29, 1.82) is 0 Å². The lowest BCUT2D eigenvalue weighted by Crippen LogP contribution is -2.31. The van der Waals surface area contributed by atoms with Crippen molar-refractivity contribution in [3.8, 4) is 0 Å². The van der Waals surface area contributed by atoms with Crippen LogP contribution in [0.3, 0.4) is 0 Å². The number of hydrogen-bond acceptors (Lipinski definition) is 4. The van der Waals surface area contributed by atoms with E-state index in [1.807, 2.05) is 31.2 Å². The van der Waals surface area contributed by atoms with Gasteiger partial charge in [0.1, 0.15) is 0 Å². The van der Waals surface area contributed by atoms with Crippen LogP contribution in [-0.2, 0) is 10.2 Å². The summed E-state index contributed by atoms with van der Waals surface area (Å²) in [5.74, 6) is -1.72. The van der Waals surface area contributed by atoms with Crippen LogP contribution in [0.1, 0.15) is 54.1 Å². The van der Waals surface area contributed by atoms with Gasteiger partial charge in [-0.1, -0.05) is 62.7 Å². The molecule has 0 saturated heterocycles. The molecule has 5 nitrogen and oxygen atoms in total. The molecule has 0 fully saturated rings. The number of benzene rings is 2. The normalized spacial score (nSPS) is 16.7. The van der Waals surface area contributed by atoms with Crippen LogP contribution in [0.15, 0.2) is 76.6 Å². The number of furan rings is 1. The second kappa shape index (κ2) is 7.99. The number of rotatable bonds is 4. The fourth-order valence-corrected chi connectivity index (χ4v) is 4.12. The number of nitrogens with zero attached hydrogens (tertiary/aromatic N) is 1. The summed E-state index contributed by atoms with van der Waals surface area (Å²) in [6.07, 6.45) is 1.38. The van der Waals surface area contributed by atoms with Crippen LogP contribution in [0.4, 0.5) is 5.69 Å². The zero-order valence-electron chi connectivity index (χ0n) is 18.3. The zero-order chi connectivity index (χ0) is 23.2. The van der Waals surface area contributed by atoms with Gasteiger partial charge in [0.15, 0.2) is 11.5 Å². The van der Waals surface area contributed by atoms with E-state index in [2.05, 4.69) is 20.8 Å². The van der Waals surface area contributed by atoms with Crippen LogP contribution in [0.2, 0.25) is 5.02 Å². The Morgan fingerprint density at radius 1 is 1.09 bits per heavy atom. The highest BCUT2D eigenvalue weighted by Gasteiger charge is 2.45. The first-order chi connectivity index (χ1) is 15.1. The molecule has 0 bridgehead atoms. The second-order valence-electron chi connectivity index (χ2n) is 8.95. The summed E-state index contributed by atoms with van der Waals surface area (Å²) in [5.41, 5.74) is 3.05. The second-order valence-corrected chi connectivity index (χ2v) is 9.39. The van der Waals surface area contributed by atoms with Crippen LogP contribution < -0.4 is 4.90 Å². The molecule has 2 aromatic carbocycles. The molecule has 1 atom stereocenters. The van der Waals surface area contributed by atoms with E-state index in [4.69, 9.17) is 16.0 Å². The first kappa shape index (κ1) is 21.9. The van der Waals surface area contributed by atoms with E-state index in [9.17, 15) is 14.7 Å². The maximum absolute atomic E-state index is 13.3. The minimum Gasteiger partial charge on any atom is -0.503 e. The molecule has 1 aromatic heterocycles. The minimum atomic E-state index is -0.828. The van der Waals surface area contributed by atoms with E-state index in [1.165, 1.54) is 17.2 Å². The van der Waals surface area contributed by atoms with Crippen molar-refractivity contribution in [3.63, 3.8) is 0 Å². The van der Waals surface area contributed by atoms with Gasteiger partial charge in [-0.2, -0.15) is 0 Å². The molecule has 2 heterocycles. The van der Waals surface area contributed by atoms with Crippen molar-refractivity contribution < 1.29 is 19.1 Å². The Kier molecular flexibility index (Phi) is 5.47. The molecule has 0 radical (unpaired) electrons. The Morgan fingerprint density at radius 2 is 1.78 bits per heavy atom. The van der Waals surface area contributed by atoms with Gasteiger partial charge in [0, 0.05) is 10.7 Å². The van der Waals surface area contributed by atoms with Crippen molar-refractivity contribution in [3.05, 3.63) is 99.7 Å². The molecule has 1 aliphatic rings. The zero-order valence-corrected chi connectivity index (χ0v) is 19.1. The van der Waals surface area contributed by atoms with Gasteiger partial charge in [0.25, 0.3) is 5.91 Å². The van der Waals surface area contributed by atoms with Crippen molar-refractivity contribution in [1.82, 2.24) is 0 Å². The fraction of sp³-hybridized carbons (Fsp3) is 0.231.